The van der Waals surface area contributed by atoms with Crippen LogP contribution in [0.25, 0.3) is 10.9 Å². The van der Waals surface area contributed by atoms with Gasteiger partial charge >= 0.3 is 0 Å². The van der Waals surface area contributed by atoms with E-state index in [4.69, 9.17) is 4.74 Å². The van der Waals surface area contributed by atoms with E-state index in [0.29, 0.717) is 18.5 Å². The second-order valence-electron chi connectivity index (χ2n) is 6.82. The summed E-state index contributed by atoms with van der Waals surface area (Å²) in [4.78, 5) is 25.3. The fourth-order valence-electron chi connectivity index (χ4n) is 3.31. The maximum atomic E-state index is 12.8. The van der Waals surface area contributed by atoms with Gasteiger partial charge in [-0.25, -0.2) is 0 Å². The van der Waals surface area contributed by atoms with Gasteiger partial charge in [0.25, 0.3) is 5.91 Å². The van der Waals surface area contributed by atoms with E-state index in [1.807, 2.05) is 19.9 Å². The second kappa shape index (κ2) is 7.30. The fourth-order valence-corrected chi connectivity index (χ4v) is 3.82. The number of hydrogen-bond acceptors (Lipinski definition) is 3. The molecule has 3 rings (SSSR count). The van der Waals surface area contributed by atoms with Crippen LogP contribution in [0.15, 0.2) is 27.6 Å². The van der Waals surface area contributed by atoms with E-state index in [0.717, 1.165) is 28.4 Å². The molecule has 1 aliphatic rings. The van der Waals surface area contributed by atoms with E-state index < -0.39 is 0 Å². The molecule has 5 nitrogen and oxygen atoms in total. The third-order valence-electron chi connectivity index (χ3n) is 4.46. The highest BCUT2D eigenvalue weighted by Crippen LogP contribution is 2.33. The molecular weight excluding hydrogens is 384 g/mol. The lowest BCUT2D eigenvalue weighted by atomic mass is 10.1. The van der Waals surface area contributed by atoms with Crippen molar-refractivity contribution in [3.8, 4) is 0 Å². The van der Waals surface area contributed by atoms with E-state index in [1.54, 1.807) is 6.20 Å². The number of ether oxygens (including phenoxy) is 1. The first-order chi connectivity index (χ1) is 11.9. The number of carbonyl (C=O) groups is 1. The standard InChI is InChI=1S/C19H23BrN2O3/c1-11(2)25-6-4-5-21-19(24)16-10-22-12(3)7-13-8-14(20)9-15(17(13)22)18(16)23/h8-12H,4-7H2,1-3H3,(H,21,24)/t12-/m0/s1. The van der Waals surface area contributed by atoms with Crippen molar-refractivity contribution < 1.29 is 9.53 Å². The van der Waals surface area contributed by atoms with E-state index >= 15 is 0 Å². The fraction of sp³-hybridized carbons (Fsp3) is 0.474. The summed E-state index contributed by atoms with van der Waals surface area (Å²) in [6.45, 7) is 7.13. The summed E-state index contributed by atoms with van der Waals surface area (Å²) in [5.41, 5.74) is 2.09. The number of rotatable bonds is 6. The molecular formula is C19H23BrN2O3. The minimum Gasteiger partial charge on any atom is -0.379 e. The molecule has 0 saturated carbocycles. The summed E-state index contributed by atoms with van der Waals surface area (Å²) in [6.07, 6.45) is 3.48. The summed E-state index contributed by atoms with van der Waals surface area (Å²) in [5, 5.41) is 3.43. The summed E-state index contributed by atoms with van der Waals surface area (Å²) in [5.74, 6) is -0.319. The molecule has 0 saturated heterocycles. The highest BCUT2D eigenvalue weighted by Gasteiger charge is 2.25. The zero-order valence-corrected chi connectivity index (χ0v) is 16.4. The third-order valence-corrected chi connectivity index (χ3v) is 4.92. The highest BCUT2D eigenvalue weighted by atomic mass is 79.9. The SMILES string of the molecule is CC(C)OCCCNC(=O)c1cn2c3c(cc(Br)cc3c1=O)C[C@@H]2C. The van der Waals surface area contributed by atoms with Crippen molar-refractivity contribution in [1.29, 1.82) is 0 Å². The molecule has 1 atom stereocenters. The Morgan fingerprint density at radius 2 is 2.20 bits per heavy atom. The Morgan fingerprint density at radius 3 is 2.92 bits per heavy atom. The Kier molecular flexibility index (Phi) is 5.29. The Morgan fingerprint density at radius 1 is 1.44 bits per heavy atom. The number of nitrogens with one attached hydrogen (secondary N) is 1. The molecule has 6 heteroatoms. The van der Waals surface area contributed by atoms with Gasteiger partial charge in [-0.2, -0.15) is 0 Å². The molecule has 2 aromatic rings. The monoisotopic (exact) mass is 406 g/mol. The van der Waals surface area contributed by atoms with Crippen LogP contribution in [0.5, 0.6) is 0 Å². The molecule has 1 amide bonds. The molecule has 0 bridgehead atoms. The maximum absolute atomic E-state index is 12.8. The average molecular weight is 407 g/mol. The quantitative estimate of drug-likeness (QED) is 0.747. The van der Waals surface area contributed by atoms with Crippen LogP contribution in [-0.2, 0) is 11.2 Å². The van der Waals surface area contributed by atoms with E-state index in [1.165, 1.54) is 0 Å². The van der Waals surface area contributed by atoms with Gasteiger partial charge in [-0.1, -0.05) is 15.9 Å². The summed E-state index contributed by atoms with van der Waals surface area (Å²) in [6, 6.07) is 4.09. The van der Waals surface area contributed by atoms with Crippen LogP contribution >= 0.6 is 15.9 Å². The van der Waals surface area contributed by atoms with Gasteiger partial charge in [-0.3, -0.25) is 9.59 Å². The van der Waals surface area contributed by atoms with Crippen molar-refractivity contribution in [2.75, 3.05) is 13.2 Å². The third kappa shape index (κ3) is 3.65. The number of carbonyl (C=O) groups excluding carboxylic acids is 1. The molecule has 134 valence electrons. The molecule has 1 aliphatic heterocycles. The Hall–Kier alpha value is -1.66. The van der Waals surface area contributed by atoms with Crippen molar-refractivity contribution in [1.82, 2.24) is 9.88 Å². The van der Waals surface area contributed by atoms with Crippen molar-refractivity contribution in [2.45, 2.75) is 45.8 Å². The molecule has 0 unspecified atom stereocenters. The van der Waals surface area contributed by atoms with Crippen LogP contribution in [0.2, 0.25) is 0 Å². The summed E-state index contributed by atoms with van der Waals surface area (Å²) in [7, 11) is 0. The van der Waals surface area contributed by atoms with E-state index in [9.17, 15) is 9.59 Å². The average Bonchev–Trinajstić information content (AvgIpc) is 2.85. The van der Waals surface area contributed by atoms with Crippen LogP contribution in [0, 0.1) is 0 Å². The minimum absolute atomic E-state index is 0.180. The van der Waals surface area contributed by atoms with Gasteiger partial charge in [0.2, 0.25) is 5.43 Å². The van der Waals surface area contributed by atoms with Gasteiger partial charge in [0.1, 0.15) is 5.56 Å². The van der Waals surface area contributed by atoms with Crippen LogP contribution in [0.3, 0.4) is 0 Å². The predicted octanol–water partition coefficient (Wildman–Crippen LogP) is 3.43. The number of amides is 1. The minimum atomic E-state index is -0.319. The lowest BCUT2D eigenvalue weighted by molar-refractivity contribution is 0.0757. The van der Waals surface area contributed by atoms with Gasteiger partial charge in [0.05, 0.1) is 11.6 Å². The topological polar surface area (TPSA) is 60.3 Å². The smallest absolute Gasteiger partial charge is 0.256 e. The zero-order chi connectivity index (χ0) is 18.1. The molecule has 25 heavy (non-hydrogen) atoms. The van der Waals surface area contributed by atoms with Crippen LogP contribution in [0.4, 0.5) is 0 Å². The van der Waals surface area contributed by atoms with E-state index in [2.05, 4.69) is 38.8 Å². The van der Waals surface area contributed by atoms with Crippen LogP contribution < -0.4 is 10.7 Å². The lowest BCUT2D eigenvalue weighted by Gasteiger charge is -2.13. The Labute approximate surface area is 155 Å². The molecule has 0 spiro atoms. The van der Waals surface area contributed by atoms with Gasteiger partial charge < -0.3 is 14.6 Å². The Bertz CT molecular complexity index is 873. The maximum Gasteiger partial charge on any atom is 0.256 e. The Balaban J connectivity index is 1.85. The molecule has 1 aromatic heterocycles. The first-order valence-electron chi connectivity index (χ1n) is 8.65. The summed E-state index contributed by atoms with van der Waals surface area (Å²) < 4.78 is 8.38. The second-order valence-corrected chi connectivity index (χ2v) is 7.74. The molecule has 1 aromatic carbocycles. The number of aromatic nitrogens is 1. The van der Waals surface area contributed by atoms with Gasteiger partial charge in [-0.05, 0) is 51.3 Å². The van der Waals surface area contributed by atoms with Gasteiger partial charge in [0.15, 0.2) is 0 Å². The van der Waals surface area contributed by atoms with Crippen LogP contribution in [0.1, 0.15) is 49.2 Å². The molecule has 1 N–H and O–H groups in total. The van der Waals surface area contributed by atoms with E-state index in [-0.39, 0.29) is 29.0 Å². The lowest BCUT2D eigenvalue weighted by Crippen LogP contribution is -2.31. The van der Waals surface area contributed by atoms with Gasteiger partial charge in [-0.15, -0.1) is 0 Å². The number of hydrogen-bond donors (Lipinski definition) is 1. The van der Waals surface area contributed by atoms with Crippen molar-refractivity contribution in [3.05, 3.63) is 44.2 Å². The molecule has 2 heterocycles. The number of benzene rings is 1. The molecule has 0 aliphatic carbocycles. The molecule has 0 radical (unpaired) electrons. The largest absolute Gasteiger partial charge is 0.379 e. The van der Waals surface area contributed by atoms with Gasteiger partial charge in [0, 0.05) is 35.2 Å². The highest BCUT2D eigenvalue weighted by molar-refractivity contribution is 9.10. The van der Waals surface area contributed by atoms with Crippen molar-refractivity contribution >= 4 is 32.7 Å². The predicted molar refractivity (Wildman–Crippen MR) is 102 cm³/mol. The van der Waals surface area contributed by atoms with Crippen LogP contribution in [-0.4, -0.2) is 29.7 Å². The molecule has 0 fully saturated rings. The van der Waals surface area contributed by atoms with Crippen molar-refractivity contribution in [3.63, 3.8) is 0 Å². The first kappa shape index (κ1) is 18.1. The van der Waals surface area contributed by atoms with Crippen molar-refractivity contribution in [2.24, 2.45) is 0 Å². The zero-order valence-electron chi connectivity index (χ0n) is 14.8. The normalized spacial score (nSPS) is 16.0. The number of pyridine rings is 1. The first-order valence-corrected chi connectivity index (χ1v) is 9.45. The summed E-state index contributed by atoms with van der Waals surface area (Å²) >= 11 is 3.47. The number of halogens is 1. The number of nitrogens with zero attached hydrogens (tertiary/aromatic N) is 1.